The number of rotatable bonds is 11. The van der Waals surface area contributed by atoms with Gasteiger partial charge in [-0.15, -0.1) is 6.58 Å². The molecule has 0 aromatic rings. The Bertz CT molecular complexity index is 170. The first-order valence-corrected chi connectivity index (χ1v) is 7.49. The maximum atomic E-state index is 5.66. The highest BCUT2D eigenvalue weighted by molar-refractivity contribution is 6.34. The van der Waals surface area contributed by atoms with Crippen molar-refractivity contribution >= 4 is 9.76 Å². The van der Waals surface area contributed by atoms with E-state index < -0.39 is 15.7 Å². The van der Waals surface area contributed by atoms with Crippen LogP contribution in [0.4, 0.5) is 0 Å². The molecule has 0 aliphatic carbocycles. The van der Waals surface area contributed by atoms with Gasteiger partial charge in [-0.3, -0.25) is 0 Å². The van der Waals surface area contributed by atoms with Gasteiger partial charge in [0.15, 0.2) is 9.76 Å². The molecule has 0 aromatic carbocycles. The van der Waals surface area contributed by atoms with Gasteiger partial charge in [0.05, 0.1) is 0 Å². The molecule has 0 atom stereocenters. The first-order valence-electron chi connectivity index (χ1n) is 6.09. The third-order valence-electron chi connectivity index (χ3n) is 2.63. The molecule has 0 heterocycles. The number of unbranched alkanes of at least 4 members (excludes halogenated alkanes) is 4. The van der Waals surface area contributed by atoms with Crippen molar-refractivity contribution in [1.29, 1.82) is 0 Å². The Morgan fingerprint density at radius 2 is 1.75 bits per heavy atom. The number of hydrogen-bond acceptors (Lipinski definition) is 3. The van der Waals surface area contributed by atoms with Crippen LogP contribution in [0.25, 0.3) is 0 Å². The lowest BCUT2D eigenvalue weighted by Crippen LogP contribution is -2.38. The van der Waals surface area contributed by atoms with E-state index in [-0.39, 0.29) is 0 Å². The molecule has 0 unspecified atom stereocenters. The second-order valence-electron chi connectivity index (χ2n) is 3.86. The van der Waals surface area contributed by atoms with Gasteiger partial charge in [-0.25, -0.2) is 0 Å². The summed E-state index contributed by atoms with van der Waals surface area (Å²) >= 11 is 0. The molecule has 0 radical (unpaired) electrons. The van der Waals surface area contributed by atoms with E-state index in [2.05, 4.69) is 13.5 Å². The largest absolute Gasteiger partial charge is 0.371 e. The molecule has 0 aliphatic rings. The Kier molecular flexibility index (Phi) is 9.92. The second kappa shape index (κ2) is 10.0. The van der Waals surface area contributed by atoms with E-state index in [9.17, 15) is 0 Å². The van der Waals surface area contributed by atoms with Crippen LogP contribution in [0.1, 0.15) is 45.4 Å². The van der Waals surface area contributed by atoms with Gasteiger partial charge in [0.2, 0.25) is 0 Å². The lowest BCUT2D eigenvalue weighted by Gasteiger charge is -2.30. The zero-order chi connectivity index (χ0) is 12.3. The van der Waals surface area contributed by atoms with Crippen molar-refractivity contribution in [2.75, 3.05) is 14.2 Å². The summed E-state index contributed by atoms with van der Waals surface area (Å²) in [5.74, 6) is -0.827. The van der Waals surface area contributed by atoms with Crippen LogP contribution in [0, 0.1) is 0 Å². The van der Waals surface area contributed by atoms with Gasteiger partial charge in [0.25, 0.3) is 5.97 Å². The maximum Gasteiger partial charge on any atom is 0.272 e. The van der Waals surface area contributed by atoms with Crippen molar-refractivity contribution in [3.05, 3.63) is 12.3 Å². The SMILES string of the molecule is C=C[SiH2]OC(CCCCCCC)(OC)OC. The van der Waals surface area contributed by atoms with Gasteiger partial charge >= 0.3 is 0 Å². The molecule has 4 heteroatoms. The van der Waals surface area contributed by atoms with Crippen LogP contribution < -0.4 is 0 Å². The summed E-state index contributed by atoms with van der Waals surface area (Å²) in [4.78, 5) is 0. The van der Waals surface area contributed by atoms with Crippen molar-refractivity contribution < 1.29 is 13.9 Å². The van der Waals surface area contributed by atoms with Gasteiger partial charge in [-0.1, -0.05) is 38.3 Å². The first kappa shape index (κ1) is 15.8. The summed E-state index contributed by atoms with van der Waals surface area (Å²) in [5, 5.41) is 0. The molecule has 0 bridgehead atoms. The number of methoxy groups -OCH3 is 2. The molecule has 0 aliphatic heterocycles. The minimum Gasteiger partial charge on any atom is -0.371 e. The fraction of sp³-hybridized carbons (Fsp3) is 0.833. The minimum atomic E-state index is -0.827. The molecule has 0 spiro atoms. The van der Waals surface area contributed by atoms with Crippen molar-refractivity contribution in [2.45, 2.75) is 51.4 Å². The first-order chi connectivity index (χ1) is 7.74. The van der Waals surface area contributed by atoms with Crippen molar-refractivity contribution in [3.63, 3.8) is 0 Å². The normalized spacial score (nSPS) is 12.4. The molecule has 0 aromatic heterocycles. The van der Waals surface area contributed by atoms with E-state index >= 15 is 0 Å². The molecule has 0 saturated carbocycles. The Balaban J connectivity index is 3.86. The minimum absolute atomic E-state index is 0.734. The maximum absolute atomic E-state index is 5.66. The quantitative estimate of drug-likeness (QED) is 0.318. The fourth-order valence-corrected chi connectivity index (χ4v) is 2.36. The van der Waals surface area contributed by atoms with Crippen LogP contribution in [-0.4, -0.2) is 30.0 Å². The summed E-state index contributed by atoms with van der Waals surface area (Å²) in [6.07, 6.45) is 6.92. The lowest BCUT2D eigenvalue weighted by atomic mass is 10.1. The van der Waals surface area contributed by atoms with Gasteiger partial charge in [-0.05, 0) is 6.42 Å². The summed E-state index contributed by atoms with van der Waals surface area (Å²) in [6.45, 7) is 5.89. The fourth-order valence-electron chi connectivity index (χ4n) is 1.61. The zero-order valence-corrected chi connectivity index (χ0v) is 12.4. The zero-order valence-electron chi connectivity index (χ0n) is 11.0. The molecule has 16 heavy (non-hydrogen) atoms. The highest BCUT2D eigenvalue weighted by Crippen LogP contribution is 2.21. The van der Waals surface area contributed by atoms with E-state index in [1.807, 2.05) is 5.70 Å². The van der Waals surface area contributed by atoms with Crippen LogP contribution in [0.15, 0.2) is 12.3 Å². The van der Waals surface area contributed by atoms with Crippen LogP contribution in [0.2, 0.25) is 0 Å². The predicted molar refractivity (Wildman–Crippen MR) is 70.0 cm³/mol. The third kappa shape index (κ3) is 6.43. The summed E-state index contributed by atoms with van der Waals surface area (Å²) in [6, 6.07) is 0. The molecule has 0 rings (SSSR count). The van der Waals surface area contributed by atoms with Gasteiger partial charge in [0, 0.05) is 20.6 Å². The molecular weight excluding hydrogens is 220 g/mol. The molecule has 3 nitrogen and oxygen atoms in total. The van der Waals surface area contributed by atoms with Crippen LogP contribution in [0.5, 0.6) is 0 Å². The molecule has 0 saturated heterocycles. The summed E-state index contributed by atoms with van der Waals surface area (Å²) < 4.78 is 16.3. The van der Waals surface area contributed by atoms with Crippen LogP contribution in [-0.2, 0) is 13.9 Å². The summed E-state index contributed by atoms with van der Waals surface area (Å²) in [5.41, 5.74) is 1.84. The predicted octanol–water partition coefficient (Wildman–Crippen LogP) is 2.54. The highest BCUT2D eigenvalue weighted by atomic mass is 28.2. The molecule has 0 fully saturated rings. The van der Waals surface area contributed by atoms with Crippen molar-refractivity contribution in [1.82, 2.24) is 0 Å². The molecule has 0 N–H and O–H groups in total. The second-order valence-corrected chi connectivity index (χ2v) is 5.05. The average molecular weight is 246 g/mol. The smallest absolute Gasteiger partial charge is 0.272 e. The third-order valence-corrected chi connectivity index (χ3v) is 3.47. The van der Waals surface area contributed by atoms with Gasteiger partial charge in [0.1, 0.15) is 0 Å². The monoisotopic (exact) mass is 246 g/mol. The van der Waals surface area contributed by atoms with Gasteiger partial charge in [-0.2, -0.15) is 0 Å². The van der Waals surface area contributed by atoms with E-state index in [1.165, 1.54) is 25.7 Å². The Labute approximate surface area is 102 Å². The lowest BCUT2D eigenvalue weighted by molar-refractivity contribution is -0.326. The van der Waals surface area contributed by atoms with Crippen LogP contribution in [0.3, 0.4) is 0 Å². The Morgan fingerprint density at radius 3 is 2.25 bits per heavy atom. The standard InChI is InChI=1S/C12H26O3Si/c1-5-7-8-9-10-11-12(13-3,14-4)15-16-6-2/h6H,2,5,7-11,16H2,1,3-4H3. The van der Waals surface area contributed by atoms with Crippen molar-refractivity contribution in [3.8, 4) is 0 Å². The average Bonchev–Trinajstić information content (AvgIpc) is 2.33. The molecular formula is C12H26O3Si. The van der Waals surface area contributed by atoms with E-state index in [4.69, 9.17) is 13.9 Å². The van der Waals surface area contributed by atoms with E-state index in [0.29, 0.717) is 0 Å². The molecule has 0 amide bonds. The Morgan fingerprint density at radius 1 is 1.12 bits per heavy atom. The van der Waals surface area contributed by atoms with Crippen LogP contribution >= 0.6 is 0 Å². The topological polar surface area (TPSA) is 27.7 Å². The summed E-state index contributed by atoms with van der Waals surface area (Å²) in [7, 11) is 2.53. The van der Waals surface area contributed by atoms with Gasteiger partial charge < -0.3 is 13.9 Å². The van der Waals surface area contributed by atoms with E-state index in [0.717, 1.165) is 12.8 Å². The van der Waals surface area contributed by atoms with E-state index in [1.54, 1.807) is 14.2 Å². The Hall–Kier alpha value is -0.163. The van der Waals surface area contributed by atoms with Crippen molar-refractivity contribution in [2.24, 2.45) is 0 Å². The number of hydrogen-bond donors (Lipinski definition) is 0. The highest BCUT2D eigenvalue weighted by Gasteiger charge is 2.29. The molecule has 96 valence electrons. The number of ether oxygens (including phenoxy) is 2.